The third kappa shape index (κ3) is 29.9. The van der Waals surface area contributed by atoms with Crippen molar-refractivity contribution in [2.24, 2.45) is 72.7 Å². The fourth-order valence-corrected chi connectivity index (χ4v) is 12.1. The van der Waals surface area contributed by atoms with E-state index in [-0.39, 0.29) is 138 Å². The van der Waals surface area contributed by atoms with Crippen LogP contribution in [0, 0.1) is 11.8 Å². The van der Waals surface area contributed by atoms with Crippen LogP contribution in [0.4, 0.5) is 0 Å². The van der Waals surface area contributed by atoms with Gasteiger partial charge in [0.15, 0.2) is 23.7 Å². The number of carbonyl (C=O) groups excluding carboxylic acids is 10. The van der Waals surface area contributed by atoms with Crippen molar-refractivity contribution in [2.75, 3.05) is 58.1 Å². The molecule has 3 saturated heterocycles. The number of rotatable bonds is 41. The summed E-state index contributed by atoms with van der Waals surface area (Å²) in [5.41, 5.74) is 45.7. The van der Waals surface area contributed by atoms with Crippen LogP contribution in [-0.2, 0) is 65.6 Å². The molecule has 11 atom stereocenters. The molecule has 2 aromatic rings. The highest BCUT2D eigenvalue weighted by Crippen LogP contribution is 2.27. The van der Waals surface area contributed by atoms with E-state index in [4.69, 9.17) is 45.9 Å². The van der Waals surface area contributed by atoms with Crippen LogP contribution in [0.3, 0.4) is 0 Å². The molecule has 34 heteroatoms. The SMILES string of the molecule is CC(C)C[C@H](NC(=O)[C@@H](Cc1ccccc1)NC(=O)C(N)CS)C(=O)NC(CCCN=C(N)N)C(=O)O.CCCCCCN1C[C@H](C(=O)[C@H](Cc2ccccc2)NC(=O)CNC(=O)[C@@H]2C[C@H](O)CN2C(=O)[C@@H]2CCCN2C(=O)[C@H](CCCN=C(N)N)NC(=O)[C@H](N)CCCN=C(N)N)CC1=O. The first kappa shape index (κ1) is 84.3. The number of aliphatic hydroxyl groups is 1. The number of carboxylic acid groups (broad SMARTS) is 1. The molecule has 3 fully saturated rings. The second-order valence-electron chi connectivity index (χ2n) is 26.0. The summed E-state index contributed by atoms with van der Waals surface area (Å²) in [7, 11) is 0. The maximum absolute atomic E-state index is 14.2. The van der Waals surface area contributed by atoms with E-state index in [1.807, 2.05) is 62.4 Å². The zero-order valence-corrected chi connectivity index (χ0v) is 59.1. The molecule has 0 aromatic heterocycles. The monoisotopic (exact) mass is 1430 g/mol. The second-order valence-corrected chi connectivity index (χ2v) is 26.3. The molecular weight excluding hydrogens is 1320 g/mol. The maximum Gasteiger partial charge on any atom is 0.326 e. The van der Waals surface area contributed by atoms with Crippen molar-refractivity contribution < 1.29 is 63.0 Å². The van der Waals surface area contributed by atoms with Crippen molar-refractivity contribution in [2.45, 2.75) is 190 Å². The van der Waals surface area contributed by atoms with Crippen LogP contribution < -0.4 is 77.8 Å². The highest BCUT2D eigenvalue weighted by molar-refractivity contribution is 7.80. The minimum absolute atomic E-state index is 0.000892. The molecule has 2 unspecified atom stereocenters. The molecule has 0 bridgehead atoms. The Morgan fingerprint density at radius 2 is 1.14 bits per heavy atom. The number of benzene rings is 2. The lowest BCUT2D eigenvalue weighted by Crippen LogP contribution is -2.58. The summed E-state index contributed by atoms with van der Waals surface area (Å²) in [5.74, 6) is -7.21. The summed E-state index contributed by atoms with van der Waals surface area (Å²) in [6.07, 6.45) is 5.72. The van der Waals surface area contributed by atoms with E-state index < -0.39 is 126 Å². The van der Waals surface area contributed by atoms with Crippen LogP contribution in [0.2, 0.25) is 0 Å². The number of hydrogen-bond acceptors (Lipinski definition) is 18. The predicted molar refractivity (Wildman–Crippen MR) is 384 cm³/mol. The third-order valence-electron chi connectivity index (χ3n) is 17.2. The standard InChI is InChI=1S/C43H69N13O8.C24H39N7O5S/c1-2-3-4-8-19-54-25-28(22-36(54)59)37(60)32(21-27-12-6-5-7-13-27)52-35(58)24-51-39(62)34-23-29(57)26-56(34)41(64)33-16-11-20-55(33)40(63)31(15-10-18-50-43(47)48)53-38(61)30(44)14-9-17-49-42(45)46;1-14(2)11-18(21(33)29-17(23(35)36)9-6-10-28-24(26)27)31-22(34)19(30-20(32)16(25)13-37)12-15-7-4-3-5-8-15/h5-7,12-13,28-34,57H,2-4,8-11,14-26,44H2,1H3,(H,51,62)(H,52,58)(H,53,61)(H4,45,46,49)(H4,47,48,50);3-5,7-8,14,16-19,37H,6,9-13,25H2,1-2H3,(H,29,33)(H,30,32)(H,31,34)(H,35,36)(H4,26,27,28)/t28-,29+,30-,31+,32+,33+,34+;16?,17?,18-,19+/m10/s1. The van der Waals surface area contributed by atoms with Gasteiger partial charge in [0, 0.05) is 76.7 Å². The molecule has 2 aromatic carbocycles. The van der Waals surface area contributed by atoms with Gasteiger partial charge in [-0.25, -0.2) is 4.79 Å². The molecule has 33 nitrogen and oxygen atoms in total. The topological polar surface area (TPSA) is 555 Å². The number of nitrogens with zero attached hydrogens (tertiary/aromatic N) is 6. The van der Waals surface area contributed by atoms with Gasteiger partial charge < -0.3 is 103 Å². The molecule has 0 saturated carbocycles. The number of β-amino-alcohol motifs (C(OH)–C–C–N with tert-alkyl or cyclic N) is 1. The van der Waals surface area contributed by atoms with Crippen molar-refractivity contribution in [3.05, 3.63) is 71.8 Å². The second kappa shape index (κ2) is 44.2. The number of aliphatic hydroxyl groups excluding tert-OH is 1. The van der Waals surface area contributed by atoms with E-state index in [9.17, 15) is 63.0 Å². The summed E-state index contributed by atoms with van der Waals surface area (Å²) >= 11 is 4.03. The zero-order chi connectivity index (χ0) is 74.7. The Bertz CT molecular complexity index is 3140. The number of carbonyl (C=O) groups is 11. The maximum atomic E-state index is 14.2. The Kier molecular flexibility index (Phi) is 36.9. The third-order valence-corrected chi connectivity index (χ3v) is 17.6. The van der Waals surface area contributed by atoms with E-state index >= 15 is 0 Å². The lowest BCUT2D eigenvalue weighted by molar-refractivity contribution is -0.148. The average Bonchev–Trinajstić information content (AvgIpc) is 1.67. The predicted octanol–water partition coefficient (Wildman–Crippen LogP) is -3.18. The molecule has 0 radical (unpaired) electrons. The van der Waals surface area contributed by atoms with Crippen LogP contribution >= 0.6 is 12.6 Å². The lowest BCUT2D eigenvalue weighted by atomic mass is 9.92. The number of aliphatic imine (C=N–C) groups is 3. The number of carboxylic acids is 1. The number of unbranched alkanes of at least 4 members (excludes halogenated alkanes) is 3. The quantitative estimate of drug-likeness (QED) is 0.0135. The largest absolute Gasteiger partial charge is 0.480 e. The molecule has 0 aliphatic carbocycles. The van der Waals surface area contributed by atoms with E-state index in [0.29, 0.717) is 32.2 Å². The minimum Gasteiger partial charge on any atom is -0.480 e. The van der Waals surface area contributed by atoms with Gasteiger partial charge in [-0.2, -0.15) is 12.6 Å². The van der Waals surface area contributed by atoms with Crippen LogP contribution in [0.15, 0.2) is 75.6 Å². The zero-order valence-electron chi connectivity index (χ0n) is 58.2. The van der Waals surface area contributed by atoms with Crippen molar-refractivity contribution >= 4 is 95.4 Å². The Morgan fingerprint density at radius 3 is 1.69 bits per heavy atom. The molecular formula is C67H108N20O13S. The molecule has 24 N–H and O–H groups in total. The number of hydrogen-bond donors (Lipinski definition) is 17. The van der Waals surface area contributed by atoms with Gasteiger partial charge in [0.2, 0.25) is 53.2 Å². The van der Waals surface area contributed by atoms with Gasteiger partial charge in [-0.1, -0.05) is 101 Å². The highest BCUT2D eigenvalue weighted by Gasteiger charge is 2.46. The average molecular weight is 1430 g/mol. The molecule has 5 rings (SSSR count). The number of nitrogens with two attached hydrogens (primary N) is 8. The Morgan fingerprint density at radius 1 is 0.614 bits per heavy atom. The van der Waals surface area contributed by atoms with Gasteiger partial charge in [-0.15, -0.1) is 0 Å². The lowest BCUT2D eigenvalue weighted by Gasteiger charge is -2.33. The molecule has 3 aliphatic rings. The van der Waals surface area contributed by atoms with Crippen molar-refractivity contribution in [3.63, 3.8) is 0 Å². The van der Waals surface area contributed by atoms with Crippen LogP contribution in [0.1, 0.15) is 128 Å². The van der Waals surface area contributed by atoms with E-state index in [2.05, 4.69) is 66.4 Å². The molecule has 3 heterocycles. The van der Waals surface area contributed by atoms with Crippen molar-refractivity contribution in [1.29, 1.82) is 0 Å². The number of Topliss-reactive ketones (excluding diaryl/α,β-unsaturated/α-hetero) is 1. The summed E-state index contributed by atoms with van der Waals surface area (Å²) in [6.45, 7) is 6.85. The van der Waals surface area contributed by atoms with Gasteiger partial charge in [-0.05, 0) is 87.7 Å². The Hall–Kier alpha value is -9.15. The first-order chi connectivity index (χ1) is 48.0. The van der Waals surface area contributed by atoms with Gasteiger partial charge in [0.25, 0.3) is 0 Å². The number of likely N-dealkylation sites (tertiary alicyclic amines) is 3. The minimum atomic E-state index is -1.22. The summed E-state index contributed by atoms with van der Waals surface area (Å²) < 4.78 is 0. The van der Waals surface area contributed by atoms with Crippen LogP contribution in [-0.4, -0.2) is 226 Å². The number of guanidine groups is 3. The highest BCUT2D eigenvalue weighted by atomic mass is 32.1. The van der Waals surface area contributed by atoms with E-state index in [1.54, 1.807) is 17.0 Å². The van der Waals surface area contributed by atoms with E-state index in [1.165, 1.54) is 9.80 Å². The van der Waals surface area contributed by atoms with E-state index in [0.717, 1.165) is 36.8 Å². The molecule has 3 aliphatic heterocycles. The smallest absolute Gasteiger partial charge is 0.326 e. The van der Waals surface area contributed by atoms with Crippen molar-refractivity contribution in [3.8, 4) is 0 Å². The number of aliphatic carboxylic acids is 1. The summed E-state index contributed by atoms with van der Waals surface area (Å²) in [4.78, 5) is 162. The van der Waals surface area contributed by atoms with Gasteiger partial charge in [0.05, 0.1) is 30.8 Å². The molecule has 9 amide bonds. The fourth-order valence-electron chi connectivity index (χ4n) is 11.9. The number of ketones is 1. The van der Waals surface area contributed by atoms with Crippen molar-refractivity contribution in [1.82, 2.24) is 46.6 Å². The number of amides is 9. The Balaban J connectivity index is 0.000000497. The van der Waals surface area contributed by atoms with Gasteiger partial charge >= 0.3 is 5.97 Å². The normalized spacial score (nSPS) is 18.4. The Labute approximate surface area is 595 Å². The van der Waals surface area contributed by atoms with Crippen LogP contribution in [0.5, 0.6) is 0 Å². The summed E-state index contributed by atoms with van der Waals surface area (Å²) in [6, 6.07) is 8.89. The number of thiol groups is 1. The molecule has 560 valence electrons. The summed E-state index contributed by atoms with van der Waals surface area (Å²) in [5, 5.41) is 36.1. The van der Waals surface area contributed by atoms with Gasteiger partial charge in [-0.3, -0.25) is 62.9 Å². The first-order valence-electron chi connectivity index (χ1n) is 34.5. The fraction of sp³-hybridized carbons (Fsp3) is 0.612. The van der Waals surface area contributed by atoms with Crippen LogP contribution in [0.25, 0.3) is 0 Å². The number of nitrogens with one attached hydrogen (secondary N) is 6. The van der Waals surface area contributed by atoms with Gasteiger partial charge in [0.1, 0.15) is 36.3 Å². The first-order valence-corrected chi connectivity index (χ1v) is 35.1. The molecule has 0 spiro atoms. The molecule has 101 heavy (non-hydrogen) atoms.